The van der Waals surface area contributed by atoms with Crippen molar-refractivity contribution in [1.82, 2.24) is 0 Å². The molecule has 98 valence electrons. The molecular weight excluding hydrogens is 311 g/mol. The molecule has 0 saturated carbocycles. The molecule has 2 aromatic rings. The van der Waals surface area contributed by atoms with E-state index in [1.165, 1.54) is 12.1 Å². The van der Waals surface area contributed by atoms with E-state index in [9.17, 15) is 9.18 Å². The standard InChI is InChI=1S/C14H12BrFN2O/c15-11-5-10(6-12(16)7-11)14(19)18-13-3-1-2-9(4-13)8-17/h1-7H,8,17H2,(H,18,19). The lowest BCUT2D eigenvalue weighted by atomic mass is 10.1. The summed E-state index contributed by atoms with van der Waals surface area (Å²) in [5, 5.41) is 2.71. The van der Waals surface area contributed by atoms with Gasteiger partial charge in [-0.3, -0.25) is 4.79 Å². The van der Waals surface area contributed by atoms with Crippen LogP contribution in [0.25, 0.3) is 0 Å². The summed E-state index contributed by atoms with van der Waals surface area (Å²) in [6.45, 7) is 0.398. The summed E-state index contributed by atoms with van der Waals surface area (Å²) in [4.78, 5) is 12.0. The molecule has 0 saturated heterocycles. The Balaban J connectivity index is 2.20. The molecule has 0 aromatic heterocycles. The van der Waals surface area contributed by atoms with Crippen LogP contribution >= 0.6 is 15.9 Å². The van der Waals surface area contributed by atoms with E-state index in [1.807, 2.05) is 6.07 Å². The Morgan fingerprint density at radius 1 is 1.26 bits per heavy atom. The first-order valence-electron chi connectivity index (χ1n) is 5.65. The molecule has 0 aliphatic rings. The minimum Gasteiger partial charge on any atom is -0.326 e. The highest BCUT2D eigenvalue weighted by atomic mass is 79.9. The highest BCUT2D eigenvalue weighted by molar-refractivity contribution is 9.10. The maximum Gasteiger partial charge on any atom is 0.255 e. The molecule has 19 heavy (non-hydrogen) atoms. The zero-order valence-electron chi connectivity index (χ0n) is 9.99. The van der Waals surface area contributed by atoms with Crippen LogP contribution in [0, 0.1) is 5.82 Å². The molecular formula is C14H12BrFN2O. The molecule has 2 aromatic carbocycles. The molecule has 0 aliphatic heterocycles. The number of nitrogens with one attached hydrogen (secondary N) is 1. The number of hydrogen-bond donors (Lipinski definition) is 2. The predicted octanol–water partition coefficient (Wildman–Crippen LogP) is 3.30. The highest BCUT2D eigenvalue weighted by Crippen LogP contribution is 2.17. The number of halogens is 2. The fourth-order valence-electron chi connectivity index (χ4n) is 1.66. The van der Waals surface area contributed by atoms with Crippen molar-refractivity contribution in [3.8, 4) is 0 Å². The molecule has 3 nitrogen and oxygen atoms in total. The molecule has 0 aliphatic carbocycles. The van der Waals surface area contributed by atoms with Gasteiger partial charge < -0.3 is 11.1 Å². The van der Waals surface area contributed by atoms with Gasteiger partial charge in [-0.1, -0.05) is 28.1 Å². The molecule has 1 amide bonds. The number of anilines is 1. The third kappa shape index (κ3) is 3.62. The predicted molar refractivity (Wildman–Crippen MR) is 76.4 cm³/mol. The molecule has 0 atom stereocenters. The summed E-state index contributed by atoms with van der Waals surface area (Å²) < 4.78 is 13.7. The van der Waals surface area contributed by atoms with Gasteiger partial charge in [-0.05, 0) is 35.9 Å². The van der Waals surface area contributed by atoms with Gasteiger partial charge in [-0.25, -0.2) is 4.39 Å². The van der Waals surface area contributed by atoms with E-state index >= 15 is 0 Å². The molecule has 5 heteroatoms. The monoisotopic (exact) mass is 322 g/mol. The first-order valence-corrected chi connectivity index (χ1v) is 6.44. The van der Waals surface area contributed by atoms with Crippen LogP contribution < -0.4 is 11.1 Å². The summed E-state index contributed by atoms with van der Waals surface area (Å²) in [5.41, 5.74) is 7.33. The summed E-state index contributed by atoms with van der Waals surface area (Å²) in [6.07, 6.45) is 0. The van der Waals surface area contributed by atoms with Gasteiger partial charge in [0.25, 0.3) is 5.91 Å². The Morgan fingerprint density at radius 3 is 2.74 bits per heavy atom. The van der Waals surface area contributed by atoms with Crippen molar-refractivity contribution in [2.24, 2.45) is 5.73 Å². The second kappa shape index (κ2) is 5.95. The number of carbonyl (C=O) groups is 1. The van der Waals surface area contributed by atoms with E-state index in [-0.39, 0.29) is 11.5 Å². The average Bonchev–Trinajstić information content (AvgIpc) is 2.37. The maximum absolute atomic E-state index is 13.2. The quantitative estimate of drug-likeness (QED) is 0.911. The second-order valence-corrected chi connectivity index (χ2v) is 4.93. The van der Waals surface area contributed by atoms with Gasteiger partial charge in [-0.2, -0.15) is 0 Å². The molecule has 0 fully saturated rings. The zero-order valence-corrected chi connectivity index (χ0v) is 11.6. The van der Waals surface area contributed by atoms with Gasteiger partial charge in [0.05, 0.1) is 0 Å². The Labute approximate surface area is 118 Å². The van der Waals surface area contributed by atoms with E-state index in [4.69, 9.17) is 5.73 Å². The van der Waals surface area contributed by atoms with Crippen LogP contribution in [-0.4, -0.2) is 5.91 Å². The van der Waals surface area contributed by atoms with Gasteiger partial charge in [0.2, 0.25) is 0 Å². The number of hydrogen-bond acceptors (Lipinski definition) is 2. The normalized spacial score (nSPS) is 10.3. The van der Waals surface area contributed by atoms with Crippen LogP contribution in [0.4, 0.5) is 10.1 Å². The number of carbonyl (C=O) groups excluding carboxylic acids is 1. The molecule has 2 rings (SSSR count). The Hall–Kier alpha value is -1.72. The third-order valence-corrected chi connectivity index (χ3v) is 3.00. The van der Waals surface area contributed by atoms with Crippen LogP contribution in [0.2, 0.25) is 0 Å². The molecule has 0 radical (unpaired) electrons. The van der Waals surface area contributed by atoms with Crippen molar-refractivity contribution in [1.29, 1.82) is 0 Å². The van der Waals surface area contributed by atoms with Gasteiger partial charge in [0.15, 0.2) is 0 Å². The van der Waals surface area contributed by atoms with Crippen LogP contribution in [0.5, 0.6) is 0 Å². The van der Waals surface area contributed by atoms with Gasteiger partial charge in [-0.15, -0.1) is 0 Å². The topological polar surface area (TPSA) is 55.1 Å². The Bertz CT molecular complexity index is 596. The van der Waals surface area contributed by atoms with Crippen LogP contribution in [0.1, 0.15) is 15.9 Å². The number of benzene rings is 2. The number of amides is 1. The maximum atomic E-state index is 13.2. The van der Waals surface area contributed by atoms with Crippen LogP contribution in [-0.2, 0) is 6.54 Å². The van der Waals surface area contributed by atoms with E-state index < -0.39 is 5.82 Å². The molecule has 0 spiro atoms. The van der Waals surface area contributed by atoms with E-state index in [0.717, 1.165) is 5.56 Å². The fraction of sp³-hybridized carbons (Fsp3) is 0.0714. The summed E-state index contributed by atoms with van der Waals surface area (Å²) >= 11 is 3.15. The third-order valence-electron chi connectivity index (χ3n) is 2.55. The lowest BCUT2D eigenvalue weighted by Gasteiger charge is -2.07. The van der Waals surface area contributed by atoms with Crippen LogP contribution in [0.15, 0.2) is 46.9 Å². The Morgan fingerprint density at radius 2 is 2.05 bits per heavy atom. The highest BCUT2D eigenvalue weighted by Gasteiger charge is 2.08. The summed E-state index contributed by atoms with van der Waals surface area (Å²) in [5.74, 6) is -0.829. The average molecular weight is 323 g/mol. The van der Waals surface area contributed by atoms with E-state index in [1.54, 1.807) is 24.3 Å². The van der Waals surface area contributed by atoms with Crippen molar-refractivity contribution in [2.75, 3.05) is 5.32 Å². The van der Waals surface area contributed by atoms with Crippen molar-refractivity contribution >= 4 is 27.5 Å². The van der Waals surface area contributed by atoms with Gasteiger partial charge >= 0.3 is 0 Å². The minimum absolute atomic E-state index is 0.255. The summed E-state index contributed by atoms with van der Waals surface area (Å²) in [7, 11) is 0. The largest absolute Gasteiger partial charge is 0.326 e. The van der Waals surface area contributed by atoms with E-state index in [0.29, 0.717) is 16.7 Å². The van der Waals surface area contributed by atoms with Crippen molar-refractivity contribution < 1.29 is 9.18 Å². The SMILES string of the molecule is NCc1cccc(NC(=O)c2cc(F)cc(Br)c2)c1. The first-order chi connectivity index (χ1) is 9.08. The minimum atomic E-state index is -0.463. The molecule has 0 bridgehead atoms. The lowest BCUT2D eigenvalue weighted by molar-refractivity contribution is 0.102. The zero-order chi connectivity index (χ0) is 13.8. The molecule has 0 heterocycles. The van der Waals surface area contributed by atoms with Crippen molar-refractivity contribution in [3.05, 3.63) is 63.9 Å². The molecule has 3 N–H and O–H groups in total. The van der Waals surface area contributed by atoms with Gasteiger partial charge in [0, 0.05) is 22.3 Å². The number of nitrogens with two attached hydrogens (primary N) is 1. The second-order valence-electron chi connectivity index (χ2n) is 4.02. The Kier molecular flexibility index (Phi) is 4.29. The number of rotatable bonds is 3. The van der Waals surface area contributed by atoms with Crippen molar-refractivity contribution in [2.45, 2.75) is 6.54 Å². The van der Waals surface area contributed by atoms with E-state index in [2.05, 4.69) is 21.2 Å². The smallest absolute Gasteiger partial charge is 0.255 e. The lowest BCUT2D eigenvalue weighted by Crippen LogP contribution is -2.12. The summed E-state index contributed by atoms with van der Waals surface area (Å²) in [6, 6.07) is 11.3. The fourth-order valence-corrected chi connectivity index (χ4v) is 2.13. The van der Waals surface area contributed by atoms with Crippen LogP contribution in [0.3, 0.4) is 0 Å². The first kappa shape index (κ1) is 13.7. The molecule has 0 unspecified atom stereocenters. The van der Waals surface area contributed by atoms with Crippen molar-refractivity contribution in [3.63, 3.8) is 0 Å². The van der Waals surface area contributed by atoms with Gasteiger partial charge in [0.1, 0.15) is 5.82 Å².